The number of para-hydroxylation sites is 1. The second kappa shape index (κ2) is 12.7. The molecule has 3 N–H and O–H groups in total. The van der Waals surface area contributed by atoms with Crippen LogP contribution in [0.15, 0.2) is 42.1 Å². The van der Waals surface area contributed by atoms with Crippen LogP contribution in [0.4, 0.5) is 0 Å². The van der Waals surface area contributed by atoms with Gasteiger partial charge in [0.2, 0.25) is 11.7 Å². The van der Waals surface area contributed by atoms with E-state index in [-0.39, 0.29) is 66.8 Å². The molecule has 1 aromatic heterocycles. The Morgan fingerprint density at radius 1 is 1.06 bits per heavy atom. The molecule has 1 heterocycles. The first-order chi connectivity index (χ1) is 22.8. The molecule has 0 aliphatic heterocycles. The Labute approximate surface area is 279 Å². The fraction of sp³-hybridized carbons (Fsp3) is 0.568. The number of amides is 1. The van der Waals surface area contributed by atoms with Crippen molar-refractivity contribution in [3.8, 4) is 0 Å². The number of esters is 2. The Morgan fingerprint density at radius 3 is 2.60 bits per heavy atom. The van der Waals surface area contributed by atoms with Crippen molar-refractivity contribution in [2.75, 3.05) is 13.7 Å². The number of allylic oxidation sites excluding steroid dienone is 1. The van der Waals surface area contributed by atoms with Gasteiger partial charge in [0.25, 0.3) is 0 Å². The average molecular weight is 661 g/mol. The molecule has 7 atom stereocenters. The molecule has 1 aromatic carbocycles. The van der Waals surface area contributed by atoms with Crippen LogP contribution < -0.4 is 5.32 Å². The van der Waals surface area contributed by atoms with Crippen molar-refractivity contribution < 1.29 is 43.3 Å². The number of rotatable bonds is 10. The van der Waals surface area contributed by atoms with Crippen LogP contribution in [0.25, 0.3) is 10.9 Å². The number of ether oxygens (including phenoxy) is 2. The van der Waals surface area contributed by atoms with Crippen LogP contribution in [0.3, 0.4) is 0 Å². The van der Waals surface area contributed by atoms with Gasteiger partial charge in [-0.15, -0.1) is 0 Å². The monoisotopic (exact) mass is 660 g/mol. The summed E-state index contributed by atoms with van der Waals surface area (Å²) in [5.41, 5.74) is -0.439. The van der Waals surface area contributed by atoms with E-state index >= 15 is 0 Å². The predicted octanol–water partition coefficient (Wildman–Crippen LogP) is 3.70. The number of Topliss-reactive ketones (excluding diaryl/α,β-unsaturated/α-hetero) is 2. The molecule has 256 valence electrons. The van der Waals surface area contributed by atoms with Gasteiger partial charge in [0.1, 0.15) is 17.4 Å². The van der Waals surface area contributed by atoms with E-state index in [2.05, 4.69) is 17.2 Å². The van der Waals surface area contributed by atoms with Crippen molar-refractivity contribution in [1.82, 2.24) is 10.3 Å². The van der Waals surface area contributed by atoms with Crippen molar-refractivity contribution in [2.45, 2.75) is 89.7 Å². The molecule has 11 nitrogen and oxygen atoms in total. The first-order valence-corrected chi connectivity index (χ1v) is 16.9. The molecule has 0 bridgehead atoms. The Balaban J connectivity index is 1.04. The third-order valence-corrected chi connectivity index (χ3v) is 12.1. The highest BCUT2D eigenvalue weighted by molar-refractivity contribution is 5.95. The highest BCUT2D eigenvalue weighted by Gasteiger charge is 2.68. The summed E-state index contributed by atoms with van der Waals surface area (Å²) in [6, 6.07) is 6.60. The van der Waals surface area contributed by atoms with Crippen molar-refractivity contribution in [3.05, 3.63) is 47.7 Å². The zero-order valence-corrected chi connectivity index (χ0v) is 27.8. The number of hydrogen-bond acceptors (Lipinski definition) is 9. The van der Waals surface area contributed by atoms with E-state index in [0.717, 1.165) is 34.9 Å². The van der Waals surface area contributed by atoms with Gasteiger partial charge in [-0.05, 0) is 67.1 Å². The minimum absolute atomic E-state index is 0.000674. The number of nitrogens with one attached hydrogen (secondary N) is 2. The number of carbonyl (C=O) groups is 6. The minimum atomic E-state index is -1.83. The lowest BCUT2D eigenvalue weighted by molar-refractivity contribution is -0.173. The molecule has 2 aromatic rings. The molecule has 6 rings (SSSR count). The number of aliphatic hydroxyl groups is 1. The number of ketones is 3. The number of fused-ring (bicyclic) bond motifs is 6. The topological polar surface area (TPSA) is 169 Å². The van der Waals surface area contributed by atoms with Gasteiger partial charge in [0, 0.05) is 54.1 Å². The largest absolute Gasteiger partial charge is 0.467 e. The zero-order chi connectivity index (χ0) is 34.4. The summed E-state index contributed by atoms with van der Waals surface area (Å²) in [5.74, 6) is -2.80. The molecular weight excluding hydrogens is 616 g/mol. The molecule has 3 fully saturated rings. The lowest BCUT2D eigenvalue weighted by Gasteiger charge is -2.57. The average Bonchev–Trinajstić information content (AvgIpc) is 3.59. The Morgan fingerprint density at radius 2 is 1.83 bits per heavy atom. The Bertz CT molecular complexity index is 1710. The molecule has 0 saturated heterocycles. The van der Waals surface area contributed by atoms with Crippen LogP contribution in [0.2, 0.25) is 0 Å². The summed E-state index contributed by atoms with van der Waals surface area (Å²) in [5, 5.41) is 15.4. The zero-order valence-electron chi connectivity index (χ0n) is 27.8. The van der Waals surface area contributed by atoms with Crippen LogP contribution in [-0.4, -0.2) is 70.6 Å². The van der Waals surface area contributed by atoms with Crippen molar-refractivity contribution in [1.29, 1.82) is 0 Å². The minimum Gasteiger partial charge on any atom is -0.467 e. The van der Waals surface area contributed by atoms with Gasteiger partial charge in [0.15, 0.2) is 12.4 Å². The molecule has 0 spiro atoms. The molecule has 4 aliphatic rings. The first kappa shape index (κ1) is 33.8. The fourth-order valence-corrected chi connectivity index (χ4v) is 9.52. The number of methoxy groups -OCH3 is 1. The molecule has 11 heteroatoms. The van der Waals surface area contributed by atoms with Gasteiger partial charge in [-0.3, -0.25) is 24.0 Å². The highest BCUT2D eigenvalue weighted by Crippen LogP contribution is 2.66. The second-order valence-electron chi connectivity index (χ2n) is 14.6. The maximum atomic E-state index is 13.8. The van der Waals surface area contributed by atoms with E-state index in [1.54, 1.807) is 12.3 Å². The van der Waals surface area contributed by atoms with Gasteiger partial charge >= 0.3 is 11.9 Å². The van der Waals surface area contributed by atoms with E-state index in [1.165, 1.54) is 7.11 Å². The maximum absolute atomic E-state index is 13.8. The normalized spacial score (nSPS) is 31.6. The summed E-state index contributed by atoms with van der Waals surface area (Å²) in [7, 11) is 1.23. The maximum Gasteiger partial charge on any atom is 0.328 e. The SMILES string of the molecule is COC(=O)C(Cc1c[nH]c2ccccc12)NC(=O)CCC(=O)OCC(=O)C1(O)CCC2C3CCC4=CC(=O)CCC4(C)C3C(=O)CC21C. The third kappa shape index (κ3) is 5.69. The second-order valence-corrected chi connectivity index (χ2v) is 14.6. The van der Waals surface area contributed by atoms with E-state index in [4.69, 9.17) is 9.47 Å². The summed E-state index contributed by atoms with van der Waals surface area (Å²) in [6.07, 6.45) is 6.38. The van der Waals surface area contributed by atoms with Gasteiger partial charge in [-0.25, -0.2) is 4.79 Å². The first-order valence-electron chi connectivity index (χ1n) is 16.9. The van der Waals surface area contributed by atoms with Crippen LogP contribution in [0, 0.1) is 28.6 Å². The van der Waals surface area contributed by atoms with Gasteiger partial charge in [-0.1, -0.05) is 37.6 Å². The summed E-state index contributed by atoms with van der Waals surface area (Å²) in [6.45, 7) is 3.24. The number of aromatic amines is 1. The van der Waals surface area contributed by atoms with Gasteiger partial charge < -0.3 is 24.9 Å². The number of H-pyrrole nitrogens is 1. The molecule has 7 unspecified atom stereocenters. The standard InChI is InChI=1S/C37H44N2O9/c1-35-14-12-23(40)17-22(35)8-9-25-26-13-15-37(46,36(26,2)18-29(41)33(25)35)30(42)20-48-32(44)11-10-31(43)39-28(34(45)47-3)16-21-19-38-27-7-5-4-6-24(21)27/h4-7,17,19,25-26,28,33,38,46H,8-16,18,20H2,1-3H3,(H,39,43). The summed E-state index contributed by atoms with van der Waals surface area (Å²) >= 11 is 0. The molecule has 4 aliphatic carbocycles. The van der Waals surface area contributed by atoms with Crippen LogP contribution in [0.5, 0.6) is 0 Å². The highest BCUT2D eigenvalue weighted by atomic mass is 16.5. The Hall–Kier alpha value is -4.12. The molecule has 0 radical (unpaired) electrons. The lowest BCUT2D eigenvalue weighted by Crippen LogP contribution is -2.61. The summed E-state index contributed by atoms with van der Waals surface area (Å²) < 4.78 is 10.1. The van der Waals surface area contributed by atoms with E-state index in [9.17, 15) is 33.9 Å². The predicted molar refractivity (Wildman–Crippen MR) is 173 cm³/mol. The van der Waals surface area contributed by atoms with E-state index < -0.39 is 47.3 Å². The molecule has 1 amide bonds. The summed E-state index contributed by atoms with van der Waals surface area (Å²) in [4.78, 5) is 80.5. The Kier molecular flexibility index (Phi) is 8.95. The molecular formula is C37H44N2O9. The quantitative estimate of drug-likeness (QED) is 0.322. The number of hydrogen-bond donors (Lipinski definition) is 3. The van der Waals surface area contributed by atoms with Crippen molar-refractivity contribution in [2.24, 2.45) is 28.6 Å². The van der Waals surface area contributed by atoms with Crippen LogP contribution in [-0.2, 0) is 44.7 Å². The number of benzene rings is 1. The van der Waals surface area contributed by atoms with Crippen LogP contribution >= 0.6 is 0 Å². The van der Waals surface area contributed by atoms with Gasteiger partial charge in [0.05, 0.1) is 13.5 Å². The lowest BCUT2D eigenvalue weighted by atomic mass is 9.46. The van der Waals surface area contributed by atoms with Crippen LogP contribution in [0.1, 0.15) is 77.2 Å². The third-order valence-electron chi connectivity index (χ3n) is 12.1. The van der Waals surface area contributed by atoms with E-state index in [1.807, 2.05) is 31.2 Å². The van der Waals surface area contributed by atoms with Crippen molar-refractivity contribution in [3.63, 3.8) is 0 Å². The molecule has 3 saturated carbocycles. The van der Waals surface area contributed by atoms with E-state index in [0.29, 0.717) is 19.3 Å². The van der Waals surface area contributed by atoms with Gasteiger partial charge in [-0.2, -0.15) is 0 Å². The number of aromatic nitrogens is 1. The smallest absolute Gasteiger partial charge is 0.328 e. The number of carbonyl (C=O) groups excluding carboxylic acids is 6. The molecule has 48 heavy (non-hydrogen) atoms. The fourth-order valence-electron chi connectivity index (χ4n) is 9.52. The van der Waals surface area contributed by atoms with Crippen molar-refractivity contribution >= 4 is 46.1 Å².